The van der Waals surface area contributed by atoms with Gasteiger partial charge in [-0.3, -0.25) is 4.79 Å². The number of halogens is 1. The molecule has 4 rings (SSSR count). The average Bonchev–Trinajstić information content (AvgIpc) is 3.27. The van der Waals surface area contributed by atoms with Crippen molar-refractivity contribution in [1.29, 1.82) is 0 Å². The van der Waals surface area contributed by atoms with E-state index in [0.717, 1.165) is 33.2 Å². The zero-order valence-electron chi connectivity index (χ0n) is 15.3. The van der Waals surface area contributed by atoms with Gasteiger partial charge in [0, 0.05) is 17.7 Å². The summed E-state index contributed by atoms with van der Waals surface area (Å²) >= 11 is 1.47. The molecule has 0 fully saturated rings. The summed E-state index contributed by atoms with van der Waals surface area (Å²) in [5, 5.41) is 3.46. The summed E-state index contributed by atoms with van der Waals surface area (Å²) in [5.41, 5.74) is 2.93. The smallest absolute Gasteiger partial charge is 0.231 e. The Morgan fingerprint density at radius 2 is 1.89 bits per heavy atom. The van der Waals surface area contributed by atoms with Crippen molar-refractivity contribution in [2.45, 2.75) is 26.2 Å². The minimum Gasteiger partial charge on any atom is -0.454 e. The molecular formula is C21H19FN2O3S. The van der Waals surface area contributed by atoms with Gasteiger partial charge in [-0.2, -0.15) is 0 Å². The Morgan fingerprint density at radius 3 is 2.71 bits per heavy atom. The number of ether oxygens (including phenoxy) is 2. The molecule has 0 aliphatic carbocycles. The van der Waals surface area contributed by atoms with Crippen molar-refractivity contribution in [3.05, 3.63) is 70.0 Å². The van der Waals surface area contributed by atoms with Gasteiger partial charge in [0.2, 0.25) is 12.7 Å². The Kier molecular flexibility index (Phi) is 5.25. The van der Waals surface area contributed by atoms with Gasteiger partial charge in [0.25, 0.3) is 0 Å². The van der Waals surface area contributed by atoms with Gasteiger partial charge >= 0.3 is 0 Å². The van der Waals surface area contributed by atoms with E-state index in [0.29, 0.717) is 24.4 Å². The molecule has 1 aliphatic heterocycles. The van der Waals surface area contributed by atoms with Crippen molar-refractivity contribution in [3.8, 4) is 11.5 Å². The number of anilines is 1. The number of nitrogens with zero attached hydrogens (tertiary/aromatic N) is 1. The van der Waals surface area contributed by atoms with Crippen LogP contribution in [-0.2, 0) is 17.6 Å². The van der Waals surface area contributed by atoms with Crippen LogP contribution in [0.3, 0.4) is 0 Å². The molecule has 3 aromatic rings. The van der Waals surface area contributed by atoms with E-state index >= 15 is 0 Å². The number of amides is 1. The first-order valence-electron chi connectivity index (χ1n) is 8.96. The minimum atomic E-state index is -0.276. The van der Waals surface area contributed by atoms with Crippen LogP contribution in [0.2, 0.25) is 0 Å². The van der Waals surface area contributed by atoms with Crippen molar-refractivity contribution in [2.75, 3.05) is 12.1 Å². The van der Waals surface area contributed by atoms with E-state index in [1.807, 2.05) is 25.1 Å². The number of thiazole rings is 1. The molecule has 1 N–H and O–H groups in total. The van der Waals surface area contributed by atoms with Crippen LogP contribution in [0.25, 0.3) is 0 Å². The zero-order valence-corrected chi connectivity index (χ0v) is 16.1. The predicted molar refractivity (Wildman–Crippen MR) is 106 cm³/mol. The van der Waals surface area contributed by atoms with Crippen LogP contribution in [0.1, 0.15) is 28.1 Å². The molecule has 0 bridgehead atoms. The number of benzene rings is 2. The summed E-state index contributed by atoms with van der Waals surface area (Å²) in [6.45, 7) is 2.19. The number of fused-ring (bicyclic) bond motifs is 1. The maximum atomic E-state index is 12.9. The van der Waals surface area contributed by atoms with Gasteiger partial charge in [0.05, 0.1) is 5.69 Å². The first-order chi connectivity index (χ1) is 13.6. The summed E-state index contributed by atoms with van der Waals surface area (Å²) in [6.07, 6.45) is 1.59. The van der Waals surface area contributed by atoms with E-state index in [2.05, 4.69) is 10.3 Å². The standard InChI is InChI=1S/C21H19FN2O3S/c1-13-19(11-15-4-8-17-18(10-15)27-12-26-17)28-21(23-13)24-20(25)9-5-14-2-6-16(22)7-3-14/h2-4,6-8,10H,5,9,11-12H2,1H3,(H,23,24,25). The fraction of sp³-hybridized carbons (Fsp3) is 0.238. The third-order valence-electron chi connectivity index (χ3n) is 4.49. The van der Waals surface area contributed by atoms with E-state index in [4.69, 9.17) is 9.47 Å². The number of carbonyl (C=O) groups is 1. The van der Waals surface area contributed by atoms with Crippen molar-refractivity contribution in [1.82, 2.24) is 4.98 Å². The second kappa shape index (κ2) is 7.98. The lowest BCUT2D eigenvalue weighted by molar-refractivity contribution is -0.116. The van der Waals surface area contributed by atoms with Gasteiger partial charge in [-0.25, -0.2) is 9.37 Å². The van der Waals surface area contributed by atoms with Gasteiger partial charge in [-0.1, -0.05) is 18.2 Å². The lowest BCUT2D eigenvalue weighted by Gasteiger charge is -2.03. The monoisotopic (exact) mass is 398 g/mol. The van der Waals surface area contributed by atoms with Crippen LogP contribution in [0.4, 0.5) is 9.52 Å². The highest BCUT2D eigenvalue weighted by Crippen LogP contribution is 2.34. The molecule has 0 radical (unpaired) electrons. The second-order valence-electron chi connectivity index (χ2n) is 6.57. The third kappa shape index (κ3) is 4.31. The maximum Gasteiger partial charge on any atom is 0.231 e. The van der Waals surface area contributed by atoms with Crippen molar-refractivity contribution >= 4 is 22.4 Å². The number of nitrogens with one attached hydrogen (secondary N) is 1. The number of hydrogen-bond donors (Lipinski definition) is 1. The average molecular weight is 398 g/mol. The van der Waals surface area contributed by atoms with E-state index in [-0.39, 0.29) is 18.5 Å². The number of rotatable bonds is 6. The summed E-state index contributed by atoms with van der Waals surface area (Å²) < 4.78 is 23.7. The number of carbonyl (C=O) groups excluding carboxylic acids is 1. The largest absolute Gasteiger partial charge is 0.454 e. The molecule has 0 unspecified atom stereocenters. The molecule has 0 spiro atoms. The molecule has 1 amide bonds. The maximum absolute atomic E-state index is 12.9. The first-order valence-corrected chi connectivity index (χ1v) is 9.77. The molecule has 28 heavy (non-hydrogen) atoms. The lowest BCUT2D eigenvalue weighted by Crippen LogP contribution is -2.12. The molecule has 0 saturated carbocycles. The van der Waals surface area contributed by atoms with E-state index in [1.54, 1.807) is 12.1 Å². The minimum absolute atomic E-state index is 0.104. The topological polar surface area (TPSA) is 60.5 Å². The molecule has 144 valence electrons. The Balaban J connectivity index is 1.36. The fourth-order valence-corrected chi connectivity index (χ4v) is 3.99. The Hall–Kier alpha value is -2.93. The van der Waals surface area contributed by atoms with Crippen LogP contribution < -0.4 is 14.8 Å². The van der Waals surface area contributed by atoms with Crippen molar-refractivity contribution < 1.29 is 18.7 Å². The summed E-state index contributed by atoms with van der Waals surface area (Å²) in [6, 6.07) is 12.1. The van der Waals surface area contributed by atoms with Crippen molar-refractivity contribution in [3.63, 3.8) is 0 Å². The number of aromatic nitrogens is 1. The summed E-state index contributed by atoms with van der Waals surface area (Å²) in [5.74, 6) is 1.14. The molecule has 1 aliphatic rings. The number of hydrogen-bond acceptors (Lipinski definition) is 5. The van der Waals surface area contributed by atoms with Gasteiger partial charge in [-0.05, 0) is 48.7 Å². The lowest BCUT2D eigenvalue weighted by atomic mass is 10.1. The van der Waals surface area contributed by atoms with Crippen molar-refractivity contribution in [2.24, 2.45) is 0 Å². The molecule has 7 heteroatoms. The second-order valence-corrected chi connectivity index (χ2v) is 7.65. The summed E-state index contributed by atoms with van der Waals surface area (Å²) in [4.78, 5) is 17.8. The van der Waals surface area contributed by atoms with E-state index in [1.165, 1.54) is 23.5 Å². The SMILES string of the molecule is Cc1nc(NC(=O)CCc2ccc(F)cc2)sc1Cc1ccc2c(c1)OCO2. The number of aryl methyl sites for hydroxylation is 2. The van der Waals surface area contributed by atoms with E-state index < -0.39 is 0 Å². The quantitative estimate of drug-likeness (QED) is 0.665. The van der Waals surface area contributed by atoms with Gasteiger partial charge < -0.3 is 14.8 Å². The predicted octanol–water partition coefficient (Wildman–Crippen LogP) is 4.48. The van der Waals surface area contributed by atoms with Crippen LogP contribution in [0.15, 0.2) is 42.5 Å². The zero-order chi connectivity index (χ0) is 19.5. The third-order valence-corrected chi connectivity index (χ3v) is 5.57. The Bertz CT molecular complexity index is 1000. The van der Waals surface area contributed by atoms with Crippen LogP contribution in [-0.4, -0.2) is 17.7 Å². The van der Waals surface area contributed by atoms with Gasteiger partial charge in [0.15, 0.2) is 16.6 Å². The van der Waals surface area contributed by atoms with Crippen LogP contribution in [0, 0.1) is 12.7 Å². The first kappa shape index (κ1) is 18.4. The van der Waals surface area contributed by atoms with E-state index in [9.17, 15) is 9.18 Å². The normalized spacial score (nSPS) is 12.2. The van der Waals surface area contributed by atoms with Crippen LogP contribution in [0.5, 0.6) is 11.5 Å². The molecular weight excluding hydrogens is 379 g/mol. The highest BCUT2D eigenvalue weighted by molar-refractivity contribution is 7.15. The molecule has 1 aromatic heterocycles. The molecule has 0 saturated heterocycles. The van der Waals surface area contributed by atoms with Crippen LogP contribution >= 0.6 is 11.3 Å². The Morgan fingerprint density at radius 1 is 1.14 bits per heavy atom. The Labute approximate surface area is 166 Å². The molecule has 0 atom stereocenters. The molecule has 5 nitrogen and oxygen atoms in total. The fourth-order valence-electron chi connectivity index (χ4n) is 2.97. The summed E-state index contributed by atoms with van der Waals surface area (Å²) in [7, 11) is 0. The van der Waals surface area contributed by atoms with Gasteiger partial charge in [-0.15, -0.1) is 11.3 Å². The highest BCUT2D eigenvalue weighted by atomic mass is 32.1. The molecule has 2 aromatic carbocycles. The van der Waals surface area contributed by atoms with Gasteiger partial charge in [0.1, 0.15) is 5.82 Å². The highest BCUT2D eigenvalue weighted by Gasteiger charge is 2.15. The molecule has 2 heterocycles.